The fourth-order valence-electron chi connectivity index (χ4n) is 1.36. The first kappa shape index (κ1) is 12.4. The molecule has 6 heteroatoms. The van der Waals surface area contributed by atoms with Crippen LogP contribution in [0.4, 0.5) is 5.69 Å². The number of halogens is 1. The van der Waals surface area contributed by atoms with Gasteiger partial charge in [0, 0.05) is 6.07 Å². The summed E-state index contributed by atoms with van der Waals surface area (Å²) in [6, 6.07) is 7.13. The summed E-state index contributed by atoms with van der Waals surface area (Å²) in [5, 5.41) is 21.3. The van der Waals surface area contributed by atoms with E-state index in [4.69, 9.17) is 5.11 Å². The second-order valence-corrected chi connectivity index (χ2v) is 4.34. The minimum atomic E-state index is -0.475. The van der Waals surface area contributed by atoms with Crippen molar-refractivity contribution in [3.8, 4) is 11.5 Å². The zero-order valence-corrected chi connectivity index (χ0v) is 10.7. The summed E-state index contributed by atoms with van der Waals surface area (Å²) >= 11 is 3.18. The van der Waals surface area contributed by atoms with Crippen molar-refractivity contribution >= 4 is 27.5 Å². The molecule has 0 aliphatic rings. The minimum absolute atomic E-state index is 0.0794. The lowest BCUT2D eigenvalue weighted by Gasteiger charge is -2.06. The van der Waals surface area contributed by atoms with Gasteiger partial charge in [-0.05, 0) is 40.2 Å². The van der Waals surface area contributed by atoms with E-state index < -0.39 is 5.91 Å². The molecule has 0 unspecified atom stereocenters. The van der Waals surface area contributed by atoms with E-state index in [1.54, 1.807) is 12.1 Å². The van der Waals surface area contributed by atoms with Crippen LogP contribution in [0.5, 0.6) is 11.5 Å². The lowest BCUT2D eigenvalue weighted by molar-refractivity contribution is 0.102. The van der Waals surface area contributed by atoms with Crippen molar-refractivity contribution in [2.24, 2.45) is 0 Å². The summed E-state index contributed by atoms with van der Waals surface area (Å²) in [6.07, 6.45) is 1.49. The number of phenols is 2. The van der Waals surface area contributed by atoms with Gasteiger partial charge in [0.15, 0.2) is 0 Å². The third-order valence-electron chi connectivity index (χ3n) is 2.21. The zero-order valence-electron chi connectivity index (χ0n) is 9.09. The average molecular weight is 309 g/mol. The Morgan fingerprint density at radius 3 is 2.61 bits per heavy atom. The van der Waals surface area contributed by atoms with Gasteiger partial charge in [0.2, 0.25) is 0 Å². The second kappa shape index (κ2) is 5.05. The molecule has 5 nitrogen and oxygen atoms in total. The van der Waals surface area contributed by atoms with E-state index in [9.17, 15) is 9.90 Å². The molecule has 2 aromatic rings. The molecule has 0 spiro atoms. The van der Waals surface area contributed by atoms with Gasteiger partial charge in [-0.25, -0.2) is 4.98 Å². The number of phenolic OH excluding ortho intramolecular Hbond substituents is 2. The number of amides is 1. The Kier molecular flexibility index (Phi) is 3.47. The number of nitrogens with zero attached hydrogens (tertiary/aromatic N) is 1. The van der Waals surface area contributed by atoms with Gasteiger partial charge in [0.1, 0.15) is 16.1 Å². The highest BCUT2D eigenvalue weighted by Gasteiger charge is 2.11. The number of aromatic nitrogens is 1. The number of aromatic hydroxyl groups is 2. The van der Waals surface area contributed by atoms with Crippen LogP contribution in [0, 0.1) is 0 Å². The number of pyridine rings is 1. The number of benzene rings is 1. The second-order valence-electron chi connectivity index (χ2n) is 3.53. The lowest BCUT2D eigenvalue weighted by Crippen LogP contribution is -2.12. The molecule has 18 heavy (non-hydrogen) atoms. The smallest absolute Gasteiger partial charge is 0.259 e. The third kappa shape index (κ3) is 2.78. The van der Waals surface area contributed by atoms with Crippen molar-refractivity contribution in [1.82, 2.24) is 4.98 Å². The molecule has 0 fully saturated rings. The highest BCUT2D eigenvalue weighted by molar-refractivity contribution is 9.10. The van der Waals surface area contributed by atoms with Gasteiger partial charge >= 0.3 is 0 Å². The summed E-state index contributed by atoms with van der Waals surface area (Å²) in [6.45, 7) is 0. The SMILES string of the molecule is O=C(Nc1ccc(Br)nc1)c1ccc(O)cc1O. The highest BCUT2D eigenvalue weighted by atomic mass is 79.9. The van der Waals surface area contributed by atoms with E-state index in [0.29, 0.717) is 10.3 Å². The predicted octanol–water partition coefficient (Wildman–Crippen LogP) is 2.51. The van der Waals surface area contributed by atoms with Crippen molar-refractivity contribution in [2.45, 2.75) is 0 Å². The quantitative estimate of drug-likeness (QED) is 0.744. The predicted molar refractivity (Wildman–Crippen MR) is 69.7 cm³/mol. The van der Waals surface area contributed by atoms with Crippen LogP contribution in [-0.4, -0.2) is 21.1 Å². The molecule has 0 aliphatic heterocycles. The Labute approximate surface area is 111 Å². The topological polar surface area (TPSA) is 82.5 Å². The number of carbonyl (C=O) groups excluding carboxylic acids is 1. The zero-order chi connectivity index (χ0) is 13.1. The van der Waals surface area contributed by atoms with Gasteiger partial charge in [-0.1, -0.05) is 0 Å². The van der Waals surface area contributed by atoms with Crippen molar-refractivity contribution in [3.05, 3.63) is 46.7 Å². The molecule has 0 saturated heterocycles. The summed E-state index contributed by atoms with van der Waals surface area (Å²) < 4.78 is 0.660. The van der Waals surface area contributed by atoms with Crippen LogP contribution in [0.1, 0.15) is 10.4 Å². The average Bonchev–Trinajstić information content (AvgIpc) is 2.32. The first-order valence-corrected chi connectivity index (χ1v) is 5.80. The van der Waals surface area contributed by atoms with Gasteiger partial charge in [0.05, 0.1) is 17.4 Å². The van der Waals surface area contributed by atoms with Crippen LogP contribution in [0.15, 0.2) is 41.1 Å². The van der Waals surface area contributed by atoms with Crippen LogP contribution >= 0.6 is 15.9 Å². The third-order valence-corrected chi connectivity index (χ3v) is 2.68. The Balaban J connectivity index is 2.19. The van der Waals surface area contributed by atoms with Gasteiger partial charge in [-0.2, -0.15) is 0 Å². The molecule has 2 rings (SSSR count). The first-order valence-electron chi connectivity index (χ1n) is 5.01. The van der Waals surface area contributed by atoms with Crippen LogP contribution in [0.3, 0.4) is 0 Å². The number of hydrogen-bond acceptors (Lipinski definition) is 4. The van der Waals surface area contributed by atoms with E-state index in [0.717, 1.165) is 6.07 Å². The van der Waals surface area contributed by atoms with Gasteiger partial charge in [0.25, 0.3) is 5.91 Å². The number of hydrogen-bond donors (Lipinski definition) is 3. The maximum absolute atomic E-state index is 11.8. The standard InChI is InChI=1S/C12H9BrN2O3/c13-11-4-1-7(6-14-11)15-12(18)9-3-2-8(16)5-10(9)17/h1-6,16-17H,(H,15,18). The normalized spacial score (nSPS) is 10.1. The van der Waals surface area contributed by atoms with Crippen LogP contribution in [0.2, 0.25) is 0 Å². The number of carbonyl (C=O) groups is 1. The number of anilines is 1. The maximum atomic E-state index is 11.8. The maximum Gasteiger partial charge on any atom is 0.259 e. The molecule has 92 valence electrons. The molecule has 0 bridgehead atoms. The lowest BCUT2D eigenvalue weighted by atomic mass is 10.2. The fraction of sp³-hybridized carbons (Fsp3) is 0. The van der Waals surface area contributed by atoms with Crippen LogP contribution in [0.25, 0.3) is 0 Å². The summed E-state index contributed by atoms with van der Waals surface area (Å²) in [7, 11) is 0. The van der Waals surface area contributed by atoms with Crippen molar-refractivity contribution in [2.75, 3.05) is 5.32 Å². The number of rotatable bonds is 2. The van der Waals surface area contributed by atoms with Gasteiger partial charge in [-0.15, -0.1) is 0 Å². The monoisotopic (exact) mass is 308 g/mol. The van der Waals surface area contributed by atoms with E-state index >= 15 is 0 Å². The fourth-order valence-corrected chi connectivity index (χ4v) is 1.59. The van der Waals surface area contributed by atoms with Crippen molar-refractivity contribution < 1.29 is 15.0 Å². The Hall–Kier alpha value is -2.08. The van der Waals surface area contributed by atoms with Crippen LogP contribution in [-0.2, 0) is 0 Å². The van der Waals surface area contributed by atoms with E-state index in [1.807, 2.05) is 0 Å². The summed E-state index contributed by atoms with van der Waals surface area (Å²) in [4.78, 5) is 15.8. The van der Waals surface area contributed by atoms with Crippen molar-refractivity contribution in [3.63, 3.8) is 0 Å². The molecule has 0 radical (unpaired) electrons. The Morgan fingerprint density at radius 1 is 1.22 bits per heavy atom. The van der Waals surface area contributed by atoms with E-state index in [2.05, 4.69) is 26.2 Å². The molecule has 0 saturated carbocycles. The van der Waals surface area contributed by atoms with Crippen LogP contribution < -0.4 is 5.32 Å². The molecular formula is C12H9BrN2O3. The summed E-state index contributed by atoms with van der Waals surface area (Å²) in [5.74, 6) is -0.858. The van der Waals surface area contributed by atoms with Crippen molar-refractivity contribution in [1.29, 1.82) is 0 Å². The van der Waals surface area contributed by atoms with Gasteiger partial charge < -0.3 is 15.5 Å². The first-order chi connectivity index (χ1) is 8.56. The van der Waals surface area contributed by atoms with Gasteiger partial charge in [-0.3, -0.25) is 4.79 Å². The molecule has 1 aromatic heterocycles. The minimum Gasteiger partial charge on any atom is -0.508 e. The van der Waals surface area contributed by atoms with E-state index in [-0.39, 0.29) is 17.1 Å². The molecule has 1 aromatic carbocycles. The highest BCUT2D eigenvalue weighted by Crippen LogP contribution is 2.23. The molecule has 0 aliphatic carbocycles. The number of nitrogens with one attached hydrogen (secondary N) is 1. The summed E-state index contributed by atoms with van der Waals surface area (Å²) in [5.41, 5.74) is 0.589. The molecule has 1 amide bonds. The molecule has 3 N–H and O–H groups in total. The Morgan fingerprint density at radius 2 is 2.00 bits per heavy atom. The largest absolute Gasteiger partial charge is 0.508 e. The molecule has 1 heterocycles. The van der Waals surface area contributed by atoms with E-state index in [1.165, 1.54) is 18.3 Å². The molecular weight excluding hydrogens is 300 g/mol. The molecule has 0 atom stereocenters. The Bertz CT molecular complexity index is 584.